The van der Waals surface area contributed by atoms with E-state index in [0.29, 0.717) is 22.4 Å². The van der Waals surface area contributed by atoms with Crippen LogP contribution in [0.15, 0.2) is 42.5 Å². The third-order valence-electron chi connectivity index (χ3n) is 6.12. The quantitative estimate of drug-likeness (QED) is 0.260. The van der Waals surface area contributed by atoms with Crippen LogP contribution in [0.25, 0.3) is 38.7 Å². The highest BCUT2D eigenvalue weighted by Gasteiger charge is 2.31. The molecule has 0 atom stereocenters. The van der Waals surface area contributed by atoms with Crippen LogP contribution in [-0.2, 0) is 6.18 Å². The van der Waals surface area contributed by atoms with Gasteiger partial charge in [0.2, 0.25) is 0 Å². The fraction of sp³-hybridized carbons (Fsp3) is 0.231. The fourth-order valence-electron chi connectivity index (χ4n) is 4.97. The second-order valence-corrected chi connectivity index (χ2v) is 8.69. The maximum Gasteiger partial charge on any atom is 0.416 e. The molecule has 0 radical (unpaired) electrons. The first-order valence-electron chi connectivity index (χ1n) is 10.4. The van der Waals surface area contributed by atoms with Gasteiger partial charge in [-0.1, -0.05) is 35.4 Å². The third kappa shape index (κ3) is 2.97. The molecule has 162 valence electrons. The molecule has 0 amide bonds. The Hall–Kier alpha value is -3.41. The summed E-state index contributed by atoms with van der Waals surface area (Å²) < 4.78 is 42.7. The van der Waals surface area contributed by atoms with E-state index >= 15 is 0 Å². The van der Waals surface area contributed by atoms with E-state index in [9.17, 15) is 13.2 Å². The smallest absolute Gasteiger partial charge is 0.274 e. The Morgan fingerprint density at radius 3 is 2.00 bits per heavy atom. The standard InChI is InChI=1S/C26H22F3N3/c1-13-8-15(3)22(16(4)9-13)24-30-31-25-23-17(5)10-14(2)11-20(23)19-12-18(26(27,28)29)6-7-21(19)32(24)25/h6-12H,1-5H3. The van der Waals surface area contributed by atoms with Crippen LogP contribution in [0.2, 0.25) is 0 Å². The molecule has 32 heavy (non-hydrogen) atoms. The molecule has 0 fully saturated rings. The lowest BCUT2D eigenvalue weighted by atomic mass is 9.97. The minimum atomic E-state index is -4.42. The van der Waals surface area contributed by atoms with Crippen LogP contribution in [0.4, 0.5) is 13.2 Å². The lowest BCUT2D eigenvalue weighted by Crippen LogP contribution is -2.05. The Bertz CT molecular complexity index is 1540. The molecule has 6 heteroatoms. The maximum atomic E-state index is 13.6. The van der Waals surface area contributed by atoms with Gasteiger partial charge in [-0.15, -0.1) is 10.2 Å². The molecule has 0 saturated heterocycles. The number of nitrogens with zero attached hydrogens (tertiary/aromatic N) is 3. The topological polar surface area (TPSA) is 30.2 Å². The third-order valence-corrected chi connectivity index (χ3v) is 6.12. The van der Waals surface area contributed by atoms with Crippen LogP contribution >= 0.6 is 0 Å². The number of aromatic nitrogens is 3. The van der Waals surface area contributed by atoms with E-state index in [4.69, 9.17) is 0 Å². The van der Waals surface area contributed by atoms with Gasteiger partial charge in [0.25, 0.3) is 0 Å². The molecule has 3 aromatic carbocycles. The van der Waals surface area contributed by atoms with Gasteiger partial charge in [0.05, 0.1) is 11.1 Å². The van der Waals surface area contributed by atoms with Crippen LogP contribution in [0, 0.1) is 34.6 Å². The predicted octanol–water partition coefficient (Wildman–Crippen LogP) is 7.26. The van der Waals surface area contributed by atoms with Gasteiger partial charge in [-0.2, -0.15) is 13.2 Å². The van der Waals surface area contributed by atoms with Crippen LogP contribution in [-0.4, -0.2) is 14.6 Å². The molecular formula is C26H22F3N3. The average Bonchev–Trinajstić information content (AvgIpc) is 3.10. The van der Waals surface area contributed by atoms with E-state index in [0.717, 1.165) is 50.2 Å². The Kier molecular flexibility index (Phi) is 4.35. The number of fused-ring (bicyclic) bond motifs is 6. The highest BCUT2D eigenvalue weighted by molar-refractivity contribution is 6.13. The van der Waals surface area contributed by atoms with Crippen molar-refractivity contribution < 1.29 is 13.2 Å². The lowest BCUT2D eigenvalue weighted by Gasteiger charge is -2.16. The van der Waals surface area contributed by atoms with Crippen molar-refractivity contribution in [3.63, 3.8) is 0 Å². The zero-order chi connectivity index (χ0) is 22.9. The summed E-state index contributed by atoms with van der Waals surface area (Å²) in [5.74, 6) is 0.640. The number of benzene rings is 3. The Balaban J connectivity index is 2.03. The molecule has 0 bridgehead atoms. The Morgan fingerprint density at radius 1 is 0.719 bits per heavy atom. The summed E-state index contributed by atoms with van der Waals surface area (Å²) in [7, 11) is 0. The fourth-order valence-corrected chi connectivity index (χ4v) is 4.97. The maximum absolute atomic E-state index is 13.6. The summed E-state index contributed by atoms with van der Waals surface area (Å²) >= 11 is 0. The number of alkyl halides is 3. The predicted molar refractivity (Wildman–Crippen MR) is 122 cm³/mol. The minimum absolute atomic E-state index is 0.539. The Labute approximate surface area is 183 Å². The van der Waals surface area contributed by atoms with E-state index in [1.165, 1.54) is 12.1 Å². The van der Waals surface area contributed by atoms with Gasteiger partial charge in [-0.25, -0.2) is 0 Å². The highest BCUT2D eigenvalue weighted by Crippen LogP contribution is 2.39. The number of pyridine rings is 1. The van der Waals surface area contributed by atoms with Crippen molar-refractivity contribution >= 4 is 27.3 Å². The van der Waals surface area contributed by atoms with Crippen LogP contribution < -0.4 is 0 Å². The molecule has 0 aliphatic rings. The second kappa shape index (κ2) is 6.79. The van der Waals surface area contributed by atoms with E-state index in [-0.39, 0.29) is 0 Å². The Morgan fingerprint density at radius 2 is 1.34 bits per heavy atom. The molecule has 3 nitrogen and oxygen atoms in total. The molecular weight excluding hydrogens is 411 g/mol. The van der Waals surface area contributed by atoms with Gasteiger partial charge in [0.1, 0.15) is 0 Å². The molecule has 0 unspecified atom stereocenters. The largest absolute Gasteiger partial charge is 0.416 e. The van der Waals surface area contributed by atoms with Crippen molar-refractivity contribution in [2.75, 3.05) is 0 Å². The summed E-state index contributed by atoms with van der Waals surface area (Å²) in [5, 5.41) is 11.2. The molecule has 5 rings (SSSR count). The zero-order valence-corrected chi connectivity index (χ0v) is 18.5. The lowest BCUT2D eigenvalue weighted by molar-refractivity contribution is -0.137. The molecule has 0 spiro atoms. The first kappa shape index (κ1) is 20.5. The highest BCUT2D eigenvalue weighted by atomic mass is 19.4. The number of aryl methyl sites for hydroxylation is 5. The average molecular weight is 433 g/mol. The van der Waals surface area contributed by atoms with Gasteiger partial charge in [0.15, 0.2) is 11.5 Å². The summed E-state index contributed by atoms with van der Waals surface area (Å²) in [4.78, 5) is 0. The first-order valence-corrected chi connectivity index (χ1v) is 10.4. The van der Waals surface area contributed by atoms with Gasteiger partial charge >= 0.3 is 6.18 Å². The first-order chi connectivity index (χ1) is 15.1. The number of hydrogen-bond acceptors (Lipinski definition) is 2. The van der Waals surface area contributed by atoms with Crippen LogP contribution in [0.1, 0.15) is 33.4 Å². The number of rotatable bonds is 1. The van der Waals surface area contributed by atoms with Crippen molar-refractivity contribution in [1.29, 1.82) is 0 Å². The molecule has 2 aromatic heterocycles. The summed E-state index contributed by atoms with van der Waals surface area (Å²) in [6.45, 7) is 10.0. The van der Waals surface area contributed by atoms with Crippen LogP contribution in [0.3, 0.4) is 0 Å². The monoisotopic (exact) mass is 433 g/mol. The molecule has 0 N–H and O–H groups in total. The van der Waals surface area contributed by atoms with E-state index in [1.54, 1.807) is 0 Å². The van der Waals surface area contributed by atoms with Crippen molar-refractivity contribution in [2.45, 2.75) is 40.8 Å². The van der Waals surface area contributed by atoms with Crippen molar-refractivity contribution in [1.82, 2.24) is 14.6 Å². The summed E-state index contributed by atoms with van der Waals surface area (Å²) in [6, 6.07) is 12.0. The molecule has 2 heterocycles. The van der Waals surface area contributed by atoms with E-state index in [1.807, 2.05) is 51.2 Å². The normalized spacial score (nSPS) is 12.4. The zero-order valence-electron chi connectivity index (χ0n) is 18.5. The molecule has 0 aliphatic carbocycles. The van der Waals surface area contributed by atoms with Crippen LogP contribution in [0.5, 0.6) is 0 Å². The van der Waals surface area contributed by atoms with Crippen molar-refractivity contribution in [3.8, 4) is 11.4 Å². The van der Waals surface area contributed by atoms with Gasteiger partial charge in [-0.3, -0.25) is 4.40 Å². The summed E-state index contributed by atoms with van der Waals surface area (Å²) in [5.41, 5.74) is 6.80. The summed E-state index contributed by atoms with van der Waals surface area (Å²) in [6.07, 6.45) is -4.42. The SMILES string of the molecule is Cc1cc(C)c(-c2nnc3c4c(C)cc(C)cc4c4cc(C(F)(F)F)ccc4n23)c(C)c1. The molecule has 0 saturated carbocycles. The van der Waals surface area contributed by atoms with E-state index < -0.39 is 11.7 Å². The number of hydrogen-bond donors (Lipinski definition) is 0. The second-order valence-electron chi connectivity index (χ2n) is 8.69. The van der Waals surface area contributed by atoms with Crippen molar-refractivity contribution in [2.24, 2.45) is 0 Å². The van der Waals surface area contributed by atoms with Gasteiger partial charge < -0.3 is 0 Å². The molecule has 5 aromatic rings. The van der Waals surface area contributed by atoms with E-state index in [2.05, 4.69) is 22.3 Å². The van der Waals surface area contributed by atoms with Gasteiger partial charge in [0, 0.05) is 16.3 Å². The number of halogens is 3. The van der Waals surface area contributed by atoms with Gasteiger partial charge in [-0.05, 0) is 74.9 Å². The van der Waals surface area contributed by atoms with Crippen molar-refractivity contribution in [3.05, 3.63) is 75.8 Å². The minimum Gasteiger partial charge on any atom is -0.274 e. The molecule has 0 aliphatic heterocycles.